The lowest BCUT2D eigenvalue weighted by molar-refractivity contribution is 0.0963. The first kappa shape index (κ1) is 20.0. The van der Waals surface area contributed by atoms with E-state index in [1.807, 2.05) is 31.2 Å². The molecule has 0 aliphatic rings. The number of aromatic amines is 1. The summed E-state index contributed by atoms with van der Waals surface area (Å²) < 4.78 is 0. The van der Waals surface area contributed by atoms with Crippen molar-refractivity contribution < 1.29 is 9.59 Å². The van der Waals surface area contributed by atoms with Crippen LogP contribution < -0.4 is 16.0 Å². The SMILES string of the molecule is CCNC(=O)Nc1nc2cc(-c3cccnc3)cc(-c3cc(C(=O)NC)ccn3)c2[nH]1. The molecule has 0 saturated heterocycles. The molecular weight excluding hydrogens is 394 g/mol. The van der Waals surface area contributed by atoms with Gasteiger partial charge in [0.15, 0.2) is 0 Å². The number of urea groups is 1. The lowest BCUT2D eigenvalue weighted by Crippen LogP contribution is -2.28. The molecule has 0 fully saturated rings. The third-order valence-electron chi connectivity index (χ3n) is 4.68. The zero-order valence-corrected chi connectivity index (χ0v) is 17.1. The van der Waals surface area contributed by atoms with Crippen LogP contribution in [0.1, 0.15) is 17.3 Å². The van der Waals surface area contributed by atoms with Gasteiger partial charge in [-0.15, -0.1) is 0 Å². The molecule has 0 atom stereocenters. The van der Waals surface area contributed by atoms with Crippen LogP contribution >= 0.6 is 0 Å². The molecule has 3 heterocycles. The van der Waals surface area contributed by atoms with E-state index in [1.165, 1.54) is 0 Å². The second kappa shape index (κ2) is 8.62. The van der Waals surface area contributed by atoms with Crippen LogP contribution in [-0.2, 0) is 0 Å². The number of carbonyl (C=O) groups excluding carboxylic acids is 2. The summed E-state index contributed by atoms with van der Waals surface area (Å²) in [5, 5.41) is 7.99. The van der Waals surface area contributed by atoms with Crippen molar-refractivity contribution in [3.63, 3.8) is 0 Å². The van der Waals surface area contributed by atoms with E-state index in [0.717, 1.165) is 16.7 Å². The molecule has 0 spiro atoms. The molecule has 0 aliphatic carbocycles. The molecular formula is C22H21N7O2. The van der Waals surface area contributed by atoms with Crippen LogP contribution in [0.4, 0.5) is 10.7 Å². The van der Waals surface area contributed by atoms with Gasteiger partial charge in [0.1, 0.15) is 0 Å². The Morgan fingerprint density at radius 2 is 1.97 bits per heavy atom. The number of nitrogens with one attached hydrogen (secondary N) is 4. The monoisotopic (exact) mass is 415 g/mol. The number of carbonyl (C=O) groups is 2. The van der Waals surface area contributed by atoms with Crippen molar-refractivity contribution in [2.75, 3.05) is 18.9 Å². The summed E-state index contributed by atoms with van der Waals surface area (Å²) in [4.78, 5) is 40.4. The van der Waals surface area contributed by atoms with E-state index in [9.17, 15) is 9.59 Å². The standard InChI is InChI=1S/C22H21N7O2/c1-3-25-22(31)29-21-27-18-11-15(14-5-4-7-24-12-14)9-16(19(18)28-21)17-10-13(6-8-26-17)20(30)23-2/h4-12H,3H2,1-2H3,(H,23,30)(H3,25,27,28,29,31). The number of rotatable bonds is 5. The van der Waals surface area contributed by atoms with Crippen molar-refractivity contribution in [2.45, 2.75) is 6.92 Å². The van der Waals surface area contributed by atoms with Crippen molar-refractivity contribution in [1.82, 2.24) is 30.6 Å². The van der Waals surface area contributed by atoms with Gasteiger partial charge in [0.25, 0.3) is 5.91 Å². The minimum absolute atomic E-state index is 0.202. The van der Waals surface area contributed by atoms with Gasteiger partial charge < -0.3 is 15.6 Å². The van der Waals surface area contributed by atoms with E-state index in [0.29, 0.717) is 34.8 Å². The minimum atomic E-state index is -0.352. The summed E-state index contributed by atoms with van der Waals surface area (Å²) in [6.07, 6.45) is 5.06. The van der Waals surface area contributed by atoms with Gasteiger partial charge in [-0.2, -0.15) is 0 Å². The zero-order chi connectivity index (χ0) is 21.8. The van der Waals surface area contributed by atoms with Crippen LogP contribution in [0.15, 0.2) is 55.0 Å². The molecule has 4 rings (SSSR count). The molecule has 9 nitrogen and oxygen atoms in total. The smallest absolute Gasteiger partial charge is 0.321 e. The molecule has 4 N–H and O–H groups in total. The number of imidazole rings is 1. The van der Waals surface area contributed by atoms with E-state index in [1.54, 1.807) is 37.8 Å². The highest BCUT2D eigenvalue weighted by atomic mass is 16.2. The zero-order valence-electron chi connectivity index (χ0n) is 17.1. The molecule has 0 bridgehead atoms. The molecule has 31 heavy (non-hydrogen) atoms. The van der Waals surface area contributed by atoms with Crippen molar-refractivity contribution in [2.24, 2.45) is 0 Å². The number of anilines is 1. The quantitative estimate of drug-likeness (QED) is 0.398. The van der Waals surface area contributed by atoms with Crippen molar-refractivity contribution in [3.8, 4) is 22.4 Å². The molecule has 4 aromatic rings. The predicted molar refractivity (Wildman–Crippen MR) is 119 cm³/mol. The maximum absolute atomic E-state index is 12.1. The van der Waals surface area contributed by atoms with Gasteiger partial charge in [-0.25, -0.2) is 9.78 Å². The van der Waals surface area contributed by atoms with Gasteiger partial charge in [0.05, 0.1) is 16.7 Å². The summed E-state index contributed by atoms with van der Waals surface area (Å²) in [6.45, 7) is 2.33. The molecule has 0 aliphatic heterocycles. The van der Waals surface area contributed by atoms with Crippen LogP contribution in [0, 0.1) is 0 Å². The van der Waals surface area contributed by atoms with E-state index in [4.69, 9.17) is 0 Å². The largest absolute Gasteiger partial charge is 0.355 e. The molecule has 0 radical (unpaired) electrons. The third kappa shape index (κ3) is 4.20. The fourth-order valence-electron chi connectivity index (χ4n) is 3.25. The topological polar surface area (TPSA) is 125 Å². The maximum Gasteiger partial charge on any atom is 0.321 e. The van der Waals surface area contributed by atoms with Gasteiger partial charge >= 0.3 is 6.03 Å². The fraction of sp³-hybridized carbons (Fsp3) is 0.136. The maximum atomic E-state index is 12.1. The Morgan fingerprint density at radius 1 is 1.10 bits per heavy atom. The lowest BCUT2D eigenvalue weighted by Gasteiger charge is -2.08. The number of fused-ring (bicyclic) bond motifs is 1. The molecule has 0 saturated carbocycles. The average Bonchev–Trinajstić information content (AvgIpc) is 3.20. The number of pyridine rings is 2. The first-order valence-corrected chi connectivity index (χ1v) is 9.76. The van der Waals surface area contributed by atoms with Crippen LogP contribution in [0.25, 0.3) is 33.4 Å². The van der Waals surface area contributed by atoms with Crippen LogP contribution in [0.5, 0.6) is 0 Å². The number of aromatic nitrogens is 4. The van der Waals surface area contributed by atoms with Crippen LogP contribution in [-0.4, -0.2) is 45.5 Å². The van der Waals surface area contributed by atoms with E-state index in [2.05, 4.69) is 35.9 Å². The summed E-state index contributed by atoms with van der Waals surface area (Å²) >= 11 is 0. The Bertz CT molecular complexity index is 1250. The molecule has 156 valence electrons. The van der Waals surface area contributed by atoms with Gasteiger partial charge in [-0.05, 0) is 42.8 Å². The number of hydrogen-bond donors (Lipinski definition) is 4. The summed E-state index contributed by atoms with van der Waals surface area (Å²) in [6, 6.07) is 10.7. The first-order chi connectivity index (χ1) is 15.1. The summed E-state index contributed by atoms with van der Waals surface area (Å²) in [5.41, 5.74) is 4.99. The molecule has 0 unspecified atom stereocenters. The van der Waals surface area contributed by atoms with E-state index < -0.39 is 0 Å². The lowest BCUT2D eigenvalue weighted by atomic mass is 10.00. The van der Waals surface area contributed by atoms with Gasteiger partial charge in [0, 0.05) is 48.9 Å². The summed E-state index contributed by atoms with van der Waals surface area (Å²) in [7, 11) is 1.58. The Hall–Kier alpha value is -4.27. The van der Waals surface area contributed by atoms with Crippen molar-refractivity contribution in [1.29, 1.82) is 0 Å². The van der Waals surface area contributed by atoms with E-state index in [-0.39, 0.29) is 11.9 Å². The second-order valence-electron chi connectivity index (χ2n) is 6.74. The second-order valence-corrected chi connectivity index (χ2v) is 6.74. The van der Waals surface area contributed by atoms with Crippen LogP contribution in [0.3, 0.4) is 0 Å². The third-order valence-corrected chi connectivity index (χ3v) is 4.68. The highest BCUT2D eigenvalue weighted by molar-refractivity contribution is 6.00. The molecule has 9 heteroatoms. The Labute approximate surface area is 178 Å². The van der Waals surface area contributed by atoms with Crippen molar-refractivity contribution in [3.05, 3.63) is 60.6 Å². The highest BCUT2D eigenvalue weighted by Gasteiger charge is 2.16. The molecule has 1 aromatic carbocycles. The Kier molecular flexibility index (Phi) is 5.57. The molecule has 3 amide bonds. The fourth-order valence-corrected chi connectivity index (χ4v) is 3.25. The molecule has 3 aromatic heterocycles. The average molecular weight is 415 g/mol. The van der Waals surface area contributed by atoms with E-state index >= 15 is 0 Å². The number of hydrogen-bond acceptors (Lipinski definition) is 5. The predicted octanol–water partition coefficient (Wildman–Crippen LogP) is 3.19. The highest BCUT2D eigenvalue weighted by Crippen LogP contribution is 2.33. The first-order valence-electron chi connectivity index (χ1n) is 9.76. The normalized spacial score (nSPS) is 10.6. The number of benzene rings is 1. The van der Waals surface area contributed by atoms with Gasteiger partial charge in [-0.1, -0.05) is 6.07 Å². The summed E-state index contributed by atoms with van der Waals surface area (Å²) in [5.74, 6) is 0.111. The number of amides is 3. The van der Waals surface area contributed by atoms with Gasteiger partial charge in [0.2, 0.25) is 5.95 Å². The minimum Gasteiger partial charge on any atom is -0.355 e. The van der Waals surface area contributed by atoms with Gasteiger partial charge in [-0.3, -0.25) is 20.1 Å². The Morgan fingerprint density at radius 3 is 2.71 bits per heavy atom. The Balaban J connectivity index is 1.88. The number of H-pyrrole nitrogens is 1. The van der Waals surface area contributed by atoms with Crippen LogP contribution in [0.2, 0.25) is 0 Å². The van der Waals surface area contributed by atoms with Crippen molar-refractivity contribution >= 4 is 28.9 Å². The number of nitrogens with zero attached hydrogens (tertiary/aromatic N) is 3.